The van der Waals surface area contributed by atoms with E-state index in [1.165, 1.54) is 0 Å². The first kappa shape index (κ1) is 25.1. The van der Waals surface area contributed by atoms with Crippen LogP contribution in [0.4, 0.5) is 0 Å². The molecule has 7 heteroatoms. The lowest BCUT2D eigenvalue weighted by Gasteiger charge is -2.39. The Morgan fingerprint density at radius 2 is 1.07 bits per heavy atom. The third-order valence-electron chi connectivity index (χ3n) is 4.72. The van der Waals surface area contributed by atoms with Crippen LogP contribution in [0.2, 0.25) is 0 Å². The number of hydrogen-bond acceptors (Lipinski definition) is 3. The minimum Gasteiger partial charge on any atom is -0.481 e. The third kappa shape index (κ3) is 14.9. The molecular formula is C20H36NO6+. The number of carboxylic acid groups (broad SMARTS) is 3. The Balaban J connectivity index is 4.90. The summed E-state index contributed by atoms with van der Waals surface area (Å²) in [7, 11) is 0. The largest absolute Gasteiger partial charge is 0.481 e. The number of carbonyl (C=O) groups is 3. The monoisotopic (exact) mass is 386 g/mol. The zero-order valence-electron chi connectivity index (χ0n) is 16.6. The summed E-state index contributed by atoms with van der Waals surface area (Å²) in [4.78, 5) is 32.6. The summed E-state index contributed by atoms with van der Waals surface area (Å²) in [6, 6.07) is 0. The van der Waals surface area contributed by atoms with E-state index < -0.39 is 17.9 Å². The second-order valence-electron chi connectivity index (χ2n) is 7.10. The molecule has 7 nitrogen and oxygen atoms in total. The lowest BCUT2D eigenvalue weighted by atomic mass is 10.1. The van der Waals surface area contributed by atoms with E-state index in [4.69, 9.17) is 15.3 Å². The average molecular weight is 387 g/mol. The number of rotatable bonds is 18. The van der Waals surface area contributed by atoms with Gasteiger partial charge in [0.1, 0.15) is 0 Å². The number of nitrogens with zero attached hydrogens (tertiary/aromatic N) is 1. The Morgan fingerprint density at radius 3 is 1.44 bits per heavy atom. The van der Waals surface area contributed by atoms with E-state index >= 15 is 0 Å². The fourth-order valence-electron chi connectivity index (χ4n) is 3.36. The van der Waals surface area contributed by atoms with Crippen LogP contribution in [0.1, 0.15) is 71.1 Å². The Kier molecular flexibility index (Phi) is 14.1. The van der Waals surface area contributed by atoms with Crippen molar-refractivity contribution in [2.75, 3.05) is 26.2 Å². The molecule has 156 valence electrons. The lowest BCUT2D eigenvalue weighted by Crippen LogP contribution is -2.51. The lowest BCUT2D eigenvalue weighted by molar-refractivity contribution is -0.929. The van der Waals surface area contributed by atoms with Gasteiger partial charge in [0.2, 0.25) is 0 Å². The molecule has 0 saturated heterocycles. The maximum atomic E-state index is 10.9. The second kappa shape index (κ2) is 15.2. The summed E-state index contributed by atoms with van der Waals surface area (Å²) in [5.74, 6) is -2.52. The average Bonchev–Trinajstić information content (AvgIpc) is 2.57. The van der Waals surface area contributed by atoms with Crippen molar-refractivity contribution in [2.45, 2.75) is 71.1 Å². The molecule has 0 aliphatic rings. The van der Waals surface area contributed by atoms with Gasteiger partial charge in [-0.25, -0.2) is 0 Å². The van der Waals surface area contributed by atoms with Gasteiger partial charge in [0.15, 0.2) is 0 Å². The molecular weight excluding hydrogens is 350 g/mol. The Labute approximate surface area is 162 Å². The van der Waals surface area contributed by atoms with Crippen molar-refractivity contribution in [3.63, 3.8) is 0 Å². The summed E-state index contributed by atoms with van der Waals surface area (Å²) >= 11 is 0. The van der Waals surface area contributed by atoms with Gasteiger partial charge >= 0.3 is 17.9 Å². The number of unbranched alkanes of at least 4 members (excludes halogenated alkanes) is 2. The molecule has 0 spiro atoms. The first-order chi connectivity index (χ1) is 12.8. The fourth-order valence-corrected chi connectivity index (χ4v) is 3.36. The van der Waals surface area contributed by atoms with Crippen molar-refractivity contribution in [3.05, 3.63) is 12.2 Å². The van der Waals surface area contributed by atoms with E-state index in [2.05, 4.69) is 19.1 Å². The van der Waals surface area contributed by atoms with E-state index in [0.717, 1.165) is 32.2 Å². The van der Waals surface area contributed by atoms with Crippen LogP contribution in [0.25, 0.3) is 0 Å². The van der Waals surface area contributed by atoms with Crippen molar-refractivity contribution in [2.24, 2.45) is 0 Å². The van der Waals surface area contributed by atoms with Gasteiger partial charge in [-0.15, -0.1) is 0 Å². The molecule has 0 aromatic carbocycles. The number of carboxylic acids is 3. The maximum absolute atomic E-state index is 10.9. The molecule has 0 saturated carbocycles. The molecule has 0 aliphatic heterocycles. The van der Waals surface area contributed by atoms with E-state index in [1.54, 1.807) is 0 Å². The zero-order valence-corrected chi connectivity index (χ0v) is 16.6. The molecule has 0 fully saturated rings. The number of hydrogen-bond donors (Lipinski definition) is 3. The van der Waals surface area contributed by atoms with Gasteiger partial charge in [0.25, 0.3) is 0 Å². The zero-order chi connectivity index (χ0) is 20.5. The molecule has 0 aromatic rings. The standard InChI is InChI=1S/C20H35NO6/c1-2-3-4-5-6-7-14-21(15-8-11-18(22)23,16-9-12-19(24)25)17-10-13-20(26)27/h3-4H,2,5-17H2,1H3,(H2-,22,23,24,25,26,27)/p+1/b4-3+. The first-order valence-electron chi connectivity index (χ1n) is 9.97. The summed E-state index contributed by atoms with van der Waals surface area (Å²) in [6.07, 6.45) is 10.1. The third-order valence-corrected chi connectivity index (χ3v) is 4.72. The van der Waals surface area contributed by atoms with Crippen LogP contribution in [-0.2, 0) is 14.4 Å². The van der Waals surface area contributed by atoms with Crippen molar-refractivity contribution in [3.8, 4) is 0 Å². The Morgan fingerprint density at radius 1 is 0.667 bits per heavy atom. The molecule has 0 bridgehead atoms. The highest BCUT2D eigenvalue weighted by molar-refractivity contribution is 5.67. The van der Waals surface area contributed by atoms with Gasteiger partial charge in [0, 0.05) is 19.3 Å². The van der Waals surface area contributed by atoms with Crippen LogP contribution in [0, 0.1) is 0 Å². The van der Waals surface area contributed by atoms with Crippen LogP contribution in [-0.4, -0.2) is 63.9 Å². The maximum Gasteiger partial charge on any atom is 0.303 e. The van der Waals surface area contributed by atoms with E-state index in [1.807, 2.05) is 0 Å². The normalized spacial score (nSPS) is 11.7. The Bertz CT molecular complexity index is 425. The van der Waals surface area contributed by atoms with Crippen LogP contribution >= 0.6 is 0 Å². The van der Waals surface area contributed by atoms with Gasteiger partial charge < -0.3 is 19.8 Å². The van der Waals surface area contributed by atoms with Gasteiger partial charge in [0.05, 0.1) is 45.4 Å². The van der Waals surface area contributed by atoms with Gasteiger partial charge in [-0.3, -0.25) is 14.4 Å². The van der Waals surface area contributed by atoms with Gasteiger partial charge in [-0.1, -0.05) is 19.1 Å². The van der Waals surface area contributed by atoms with Crippen LogP contribution in [0.15, 0.2) is 12.2 Å². The molecule has 0 rings (SSSR count). The quantitative estimate of drug-likeness (QED) is 0.189. The molecule has 0 aromatic heterocycles. The highest BCUT2D eigenvalue weighted by Crippen LogP contribution is 2.17. The highest BCUT2D eigenvalue weighted by Gasteiger charge is 2.27. The highest BCUT2D eigenvalue weighted by atomic mass is 16.4. The van der Waals surface area contributed by atoms with E-state index in [-0.39, 0.29) is 19.3 Å². The molecule has 0 amide bonds. The second-order valence-corrected chi connectivity index (χ2v) is 7.10. The number of aliphatic carboxylic acids is 3. The minimum atomic E-state index is -0.839. The summed E-state index contributed by atoms with van der Waals surface area (Å²) in [5, 5.41) is 26.8. The summed E-state index contributed by atoms with van der Waals surface area (Å²) in [5.41, 5.74) is 0. The van der Waals surface area contributed by atoms with Crippen LogP contribution in [0.3, 0.4) is 0 Å². The molecule has 0 unspecified atom stereocenters. The molecule has 0 heterocycles. The smallest absolute Gasteiger partial charge is 0.303 e. The SMILES string of the molecule is CC/C=C/CCCC[N+](CCCC(=O)O)(CCCC(=O)O)CCCC(=O)O. The van der Waals surface area contributed by atoms with E-state index in [0.29, 0.717) is 43.4 Å². The first-order valence-corrected chi connectivity index (χ1v) is 9.97. The molecule has 0 atom stereocenters. The minimum absolute atomic E-state index is 0.0805. The van der Waals surface area contributed by atoms with Gasteiger partial charge in [-0.05, 0) is 25.7 Å². The predicted octanol–water partition coefficient (Wildman–Crippen LogP) is 3.53. The van der Waals surface area contributed by atoms with Crippen molar-refractivity contribution < 1.29 is 34.2 Å². The predicted molar refractivity (Wildman–Crippen MR) is 104 cm³/mol. The van der Waals surface area contributed by atoms with Gasteiger partial charge in [-0.2, -0.15) is 0 Å². The van der Waals surface area contributed by atoms with Crippen molar-refractivity contribution >= 4 is 17.9 Å². The molecule has 3 N–H and O–H groups in total. The summed E-state index contributed by atoms with van der Waals surface area (Å²) in [6.45, 7) is 4.87. The fraction of sp³-hybridized carbons (Fsp3) is 0.750. The molecule has 0 aliphatic carbocycles. The topological polar surface area (TPSA) is 112 Å². The van der Waals surface area contributed by atoms with E-state index in [9.17, 15) is 14.4 Å². The summed E-state index contributed by atoms with van der Waals surface area (Å²) < 4.78 is 0.616. The van der Waals surface area contributed by atoms with Crippen LogP contribution in [0.5, 0.6) is 0 Å². The van der Waals surface area contributed by atoms with Crippen molar-refractivity contribution in [1.82, 2.24) is 0 Å². The number of allylic oxidation sites excluding steroid dienone is 2. The Hall–Kier alpha value is -1.89. The molecule has 27 heavy (non-hydrogen) atoms. The van der Waals surface area contributed by atoms with Crippen molar-refractivity contribution in [1.29, 1.82) is 0 Å². The molecule has 0 radical (unpaired) electrons. The number of quaternary nitrogens is 1. The van der Waals surface area contributed by atoms with Crippen LogP contribution < -0.4 is 0 Å².